The van der Waals surface area contributed by atoms with E-state index in [9.17, 15) is 19.2 Å². The fourth-order valence-corrected chi connectivity index (χ4v) is 1.42. The van der Waals surface area contributed by atoms with E-state index in [4.69, 9.17) is 20.3 Å². The molecule has 0 spiro atoms. The second kappa shape index (κ2) is 14.9. The van der Waals surface area contributed by atoms with Gasteiger partial charge in [-0.1, -0.05) is 34.6 Å². The Bertz CT molecular complexity index is 567. The quantitative estimate of drug-likeness (QED) is 0.584. The van der Waals surface area contributed by atoms with Crippen molar-refractivity contribution in [2.45, 2.75) is 107 Å². The Labute approximate surface area is 188 Å². The molecule has 0 unspecified atom stereocenters. The molecule has 0 aromatic rings. The first kappa shape index (κ1) is 33.7. The summed E-state index contributed by atoms with van der Waals surface area (Å²) in [5.41, 5.74) is 4.36. The monoisotopic (exact) mass is 447 g/mol. The zero-order valence-electron chi connectivity index (χ0n) is 21.5. The first-order valence-corrected chi connectivity index (χ1v) is 10.6. The first-order chi connectivity index (χ1) is 13.6. The van der Waals surface area contributed by atoms with Crippen LogP contribution in [0.3, 0.4) is 0 Å². The molecule has 31 heavy (non-hydrogen) atoms. The van der Waals surface area contributed by atoms with E-state index in [0.717, 1.165) is 0 Å². The lowest BCUT2D eigenvalue weighted by Gasteiger charge is -2.22. The van der Waals surface area contributed by atoms with Crippen LogP contribution in [0.15, 0.2) is 0 Å². The Morgan fingerprint density at radius 2 is 1.06 bits per heavy atom. The Morgan fingerprint density at radius 1 is 0.742 bits per heavy atom. The van der Waals surface area contributed by atoms with Gasteiger partial charge in [0.05, 0.1) is 11.8 Å². The van der Waals surface area contributed by atoms with Crippen LogP contribution in [0.1, 0.15) is 89.5 Å². The third-order valence-electron chi connectivity index (χ3n) is 3.23. The van der Waals surface area contributed by atoms with Gasteiger partial charge in [-0.05, 0) is 48.5 Å². The van der Waals surface area contributed by atoms with Crippen molar-refractivity contribution in [3.63, 3.8) is 0 Å². The number of nitrogens with two attached hydrogens (primary N) is 1. The summed E-state index contributed by atoms with van der Waals surface area (Å²) in [4.78, 5) is 43.5. The second-order valence-electron chi connectivity index (χ2n) is 10.1. The zero-order valence-corrected chi connectivity index (χ0v) is 21.5. The van der Waals surface area contributed by atoms with Gasteiger partial charge in [0.1, 0.15) is 23.0 Å². The second-order valence-corrected chi connectivity index (χ2v) is 10.1. The van der Waals surface area contributed by atoms with Crippen LogP contribution >= 0.6 is 0 Å². The summed E-state index contributed by atoms with van der Waals surface area (Å²) in [5, 5.41) is 7.99. The fourth-order valence-electron chi connectivity index (χ4n) is 1.42. The van der Waals surface area contributed by atoms with E-state index in [2.05, 4.69) is 0 Å². The molecule has 0 saturated carbocycles. The average molecular weight is 448 g/mol. The van der Waals surface area contributed by atoms with Gasteiger partial charge in [-0.25, -0.2) is 0 Å². The highest BCUT2D eigenvalue weighted by atomic mass is 16.6. The molecule has 0 aromatic heterocycles. The molecule has 0 aromatic carbocycles. The normalized spacial score (nSPS) is 13.1. The summed E-state index contributed by atoms with van der Waals surface area (Å²) < 4.78 is 10.1. The number of rotatable bonds is 6. The van der Waals surface area contributed by atoms with Gasteiger partial charge in [0, 0.05) is 12.3 Å². The summed E-state index contributed by atoms with van der Waals surface area (Å²) >= 11 is 0. The molecular formula is C23H45NO7. The van der Waals surface area contributed by atoms with Gasteiger partial charge in [-0.15, -0.1) is 0 Å². The van der Waals surface area contributed by atoms with Crippen LogP contribution in [-0.4, -0.2) is 46.0 Å². The number of carbonyl (C=O) groups is 4. The zero-order chi connectivity index (χ0) is 25.7. The summed E-state index contributed by atoms with van der Waals surface area (Å²) in [6.45, 7) is 21.2. The summed E-state index contributed by atoms with van der Waals surface area (Å²) in [7, 11) is 0. The van der Waals surface area contributed by atoms with E-state index in [1.54, 1.807) is 27.7 Å². The molecule has 0 aliphatic rings. The number of ketones is 1. The number of carboxylic acids is 1. The molecule has 0 fully saturated rings. The van der Waals surface area contributed by atoms with E-state index in [1.165, 1.54) is 0 Å². The number of hydrogen-bond donors (Lipinski definition) is 2. The molecule has 3 N–H and O–H groups in total. The molecule has 8 heteroatoms. The molecule has 2 atom stereocenters. The molecule has 0 amide bonds. The van der Waals surface area contributed by atoms with Crippen molar-refractivity contribution in [2.75, 3.05) is 0 Å². The minimum Gasteiger partial charge on any atom is -0.481 e. The Kier molecular flexibility index (Phi) is 16.2. The van der Waals surface area contributed by atoms with Gasteiger partial charge in [0.25, 0.3) is 0 Å². The molecule has 0 bridgehead atoms. The smallest absolute Gasteiger partial charge is 0.323 e. The number of aliphatic carboxylic acids is 1. The Hall–Kier alpha value is -1.96. The van der Waals surface area contributed by atoms with Crippen LogP contribution in [0.5, 0.6) is 0 Å². The summed E-state index contributed by atoms with van der Waals surface area (Å²) in [5.74, 6) is -1.88. The van der Waals surface area contributed by atoms with Crippen LogP contribution < -0.4 is 5.73 Å². The third kappa shape index (κ3) is 24.2. The lowest BCUT2D eigenvalue weighted by molar-refractivity contribution is -0.160. The minimum absolute atomic E-state index is 0.0186. The molecule has 184 valence electrons. The van der Waals surface area contributed by atoms with Crippen LogP contribution in [0.2, 0.25) is 0 Å². The van der Waals surface area contributed by atoms with Crippen molar-refractivity contribution in [1.82, 2.24) is 0 Å². The lowest BCUT2D eigenvalue weighted by atomic mass is 9.98. The highest BCUT2D eigenvalue weighted by Crippen LogP contribution is 2.15. The average Bonchev–Trinajstić information content (AvgIpc) is 2.52. The van der Waals surface area contributed by atoms with Crippen molar-refractivity contribution in [2.24, 2.45) is 23.5 Å². The number of esters is 2. The molecule has 0 rings (SSSR count). The van der Waals surface area contributed by atoms with Gasteiger partial charge in [0.15, 0.2) is 0 Å². The predicted octanol–water partition coefficient (Wildman–Crippen LogP) is 3.98. The number of ether oxygens (including phenoxy) is 2. The van der Waals surface area contributed by atoms with Crippen LogP contribution in [-0.2, 0) is 28.7 Å². The molecule has 0 aliphatic heterocycles. The molecule has 8 nitrogen and oxygen atoms in total. The SMILES string of the molecule is CC(C)C(=O)C[C@@H](C)C(=O)OC(C)(C)C.CC(C)C(=O)O.C[C@H](N)C(=O)OC(C)(C)C. The van der Waals surface area contributed by atoms with Crippen molar-refractivity contribution < 1.29 is 33.8 Å². The molecule has 0 aliphatic carbocycles. The number of carbonyl (C=O) groups excluding carboxylic acids is 3. The number of Topliss-reactive ketones (excluding diaryl/α,β-unsaturated/α-hetero) is 1. The van der Waals surface area contributed by atoms with Gasteiger partial charge in [0.2, 0.25) is 0 Å². The van der Waals surface area contributed by atoms with Gasteiger partial charge in [-0.2, -0.15) is 0 Å². The molecular weight excluding hydrogens is 402 g/mol. The topological polar surface area (TPSA) is 133 Å². The molecule has 0 radical (unpaired) electrons. The van der Waals surface area contributed by atoms with Crippen molar-refractivity contribution in [3.8, 4) is 0 Å². The standard InChI is InChI=1S/C12H22O3.C7H15NO2.C4H8O2/c1-8(2)10(13)7-9(3)11(14)15-12(4,5)6;1-5(8)6(9)10-7(2,3)4;1-3(2)4(5)6/h8-9H,7H2,1-6H3;5H,8H2,1-4H3;3H,1-2H3,(H,5,6)/t9-;5-;/m10./s1. The number of hydrogen-bond acceptors (Lipinski definition) is 7. The Balaban J connectivity index is -0.000000421. The minimum atomic E-state index is -0.741. The summed E-state index contributed by atoms with van der Waals surface area (Å²) in [6.07, 6.45) is 0.270. The maximum absolute atomic E-state index is 11.5. The predicted molar refractivity (Wildman–Crippen MR) is 121 cm³/mol. The Morgan fingerprint density at radius 3 is 1.26 bits per heavy atom. The van der Waals surface area contributed by atoms with Gasteiger partial charge < -0.3 is 20.3 Å². The van der Waals surface area contributed by atoms with Gasteiger partial charge in [-0.3, -0.25) is 19.2 Å². The van der Waals surface area contributed by atoms with Crippen molar-refractivity contribution in [1.29, 1.82) is 0 Å². The van der Waals surface area contributed by atoms with E-state index in [0.29, 0.717) is 0 Å². The highest BCUT2D eigenvalue weighted by Gasteiger charge is 2.24. The van der Waals surface area contributed by atoms with Crippen LogP contribution in [0.4, 0.5) is 0 Å². The first-order valence-electron chi connectivity index (χ1n) is 10.6. The summed E-state index contributed by atoms with van der Waals surface area (Å²) in [6, 6.07) is -0.528. The molecule has 0 heterocycles. The van der Waals surface area contributed by atoms with Crippen LogP contribution in [0.25, 0.3) is 0 Å². The lowest BCUT2D eigenvalue weighted by Crippen LogP contribution is -2.35. The van der Waals surface area contributed by atoms with Crippen molar-refractivity contribution >= 4 is 23.7 Å². The van der Waals surface area contributed by atoms with Gasteiger partial charge >= 0.3 is 17.9 Å². The highest BCUT2D eigenvalue weighted by molar-refractivity contribution is 5.85. The third-order valence-corrected chi connectivity index (χ3v) is 3.23. The van der Waals surface area contributed by atoms with E-state index in [1.807, 2.05) is 55.4 Å². The van der Waals surface area contributed by atoms with E-state index in [-0.39, 0.29) is 41.9 Å². The molecule has 0 saturated heterocycles. The van der Waals surface area contributed by atoms with Crippen molar-refractivity contribution in [3.05, 3.63) is 0 Å². The van der Waals surface area contributed by atoms with Crippen LogP contribution in [0, 0.1) is 17.8 Å². The van der Waals surface area contributed by atoms with E-state index >= 15 is 0 Å². The maximum Gasteiger partial charge on any atom is 0.323 e. The maximum atomic E-state index is 11.5. The number of carboxylic acid groups (broad SMARTS) is 1. The fraction of sp³-hybridized carbons (Fsp3) is 0.826. The largest absolute Gasteiger partial charge is 0.481 e. The van der Waals surface area contributed by atoms with E-state index < -0.39 is 23.2 Å².